The Morgan fingerprint density at radius 2 is 2.03 bits per heavy atom. The molecule has 0 unspecified atom stereocenters. The fraction of sp³-hybridized carbons (Fsp3) is 0.125. The number of hydrogen-bond donors (Lipinski definition) is 2. The number of rotatable bonds is 7. The minimum Gasteiger partial charge on any atom is -0.477 e. The van der Waals surface area contributed by atoms with Gasteiger partial charge in [-0.25, -0.2) is 9.78 Å². The fourth-order valence-electron chi connectivity index (χ4n) is 3.38. The number of halogens is 1. The van der Waals surface area contributed by atoms with Crippen molar-refractivity contribution in [2.75, 3.05) is 5.32 Å². The number of carboxylic acid groups (broad SMARTS) is 1. The Balaban J connectivity index is 1.68. The van der Waals surface area contributed by atoms with Crippen LogP contribution in [0.4, 0.5) is 11.6 Å². The predicted molar refractivity (Wildman–Crippen MR) is 135 cm³/mol. The van der Waals surface area contributed by atoms with Crippen LogP contribution in [-0.4, -0.2) is 25.6 Å². The van der Waals surface area contributed by atoms with Crippen molar-refractivity contribution in [1.29, 1.82) is 5.26 Å². The number of fused-ring (bicyclic) bond motifs is 1. The quantitative estimate of drug-likeness (QED) is 0.302. The Kier molecular flexibility index (Phi) is 6.74. The number of carbonyl (C=O) groups is 1. The maximum atomic E-state index is 12.7. The van der Waals surface area contributed by atoms with Gasteiger partial charge in [-0.3, -0.25) is 4.79 Å². The molecule has 0 aliphatic carbocycles. The van der Waals surface area contributed by atoms with Gasteiger partial charge in [0.2, 0.25) is 17.3 Å². The third-order valence-corrected chi connectivity index (χ3v) is 5.79. The molecule has 2 aromatic heterocycles. The maximum Gasteiger partial charge on any atom is 0.341 e. The monoisotopic (exact) mass is 567 g/mol. The average molecular weight is 567 g/mol. The van der Waals surface area contributed by atoms with Gasteiger partial charge in [0, 0.05) is 42.1 Å². The first kappa shape index (κ1) is 23.2. The highest BCUT2D eigenvalue weighted by molar-refractivity contribution is 14.1. The number of nitrogens with one attached hydrogen (secondary N) is 1. The van der Waals surface area contributed by atoms with Crippen molar-refractivity contribution in [3.05, 3.63) is 79.8 Å². The molecule has 2 aromatic carbocycles. The van der Waals surface area contributed by atoms with Crippen molar-refractivity contribution < 1.29 is 14.6 Å². The van der Waals surface area contributed by atoms with Crippen LogP contribution in [0.3, 0.4) is 0 Å². The number of nitriles is 1. The van der Waals surface area contributed by atoms with Crippen LogP contribution in [0.15, 0.2) is 59.7 Å². The van der Waals surface area contributed by atoms with E-state index in [4.69, 9.17) is 10.00 Å². The molecule has 0 fully saturated rings. The number of hydrogen-bond acceptors (Lipinski definition) is 7. The highest BCUT2D eigenvalue weighted by Crippen LogP contribution is 2.30. The maximum absolute atomic E-state index is 12.7. The molecule has 0 radical (unpaired) electrons. The molecule has 4 rings (SSSR count). The lowest BCUT2D eigenvalue weighted by atomic mass is 10.1. The molecule has 34 heavy (non-hydrogen) atoms. The van der Waals surface area contributed by atoms with Gasteiger partial charge in [-0.1, -0.05) is 6.92 Å². The third kappa shape index (κ3) is 4.84. The zero-order valence-electron chi connectivity index (χ0n) is 17.9. The van der Waals surface area contributed by atoms with Crippen LogP contribution in [0.2, 0.25) is 0 Å². The van der Waals surface area contributed by atoms with Crippen molar-refractivity contribution in [3.63, 3.8) is 0 Å². The Morgan fingerprint density at radius 3 is 2.71 bits per heavy atom. The lowest BCUT2D eigenvalue weighted by Gasteiger charge is -2.14. The molecule has 0 spiro atoms. The lowest BCUT2D eigenvalue weighted by molar-refractivity contribution is 0.0695. The van der Waals surface area contributed by atoms with Crippen molar-refractivity contribution in [2.45, 2.75) is 19.9 Å². The molecule has 10 heteroatoms. The number of aromatic carboxylic acids is 1. The normalized spacial score (nSPS) is 10.6. The molecule has 4 aromatic rings. The van der Waals surface area contributed by atoms with E-state index in [9.17, 15) is 14.7 Å². The summed E-state index contributed by atoms with van der Waals surface area (Å²) >= 11 is 2.04. The minimum absolute atomic E-state index is 0.264. The number of nitrogens with zero attached hydrogens (tertiary/aromatic N) is 4. The molecule has 0 bridgehead atoms. The van der Waals surface area contributed by atoms with Crippen molar-refractivity contribution in [1.82, 2.24) is 14.5 Å². The summed E-state index contributed by atoms with van der Waals surface area (Å²) in [5, 5.41) is 21.7. The van der Waals surface area contributed by atoms with Gasteiger partial charge in [0.25, 0.3) is 0 Å². The Bertz CT molecular complexity index is 1490. The van der Waals surface area contributed by atoms with Crippen molar-refractivity contribution in [3.8, 4) is 17.7 Å². The van der Waals surface area contributed by atoms with Gasteiger partial charge < -0.3 is 19.7 Å². The van der Waals surface area contributed by atoms with Gasteiger partial charge in [-0.05, 0) is 59.3 Å². The second kappa shape index (κ2) is 9.88. The molecule has 9 nitrogen and oxygen atoms in total. The largest absolute Gasteiger partial charge is 0.477 e. The van der Waals surface area contributed by atoms with E-state index in [1.807, 2.05) is 29.5 Å². The van der Waals surface area contributed by atoms with Gasteiger partial charge in [0.1, 0.15) is 11.3 Å². The third-order valence-electron chi connectivity index (χ3n) is 4.94. The van der Waals surface area contributed by atoms with Gasteiger partial charge >= 0.3 is 5.97 Å². The number of aryl methyl sites for hydroxylation is 1. The van der Waals surface area contributed by atoms with E-state index in [0.29, 0.717) is 44.0 Å². The van der Waals surface area contributed by atoms with Crippen LogP contribution < -0.4 is 15.5 Å². The number of anilines is 2. The number of pyridine rings is 1. The van der Waals surface area contributed by atoms with Crippen LogP contribution in [0.1, 0.15) is 29.3 Å². The molecule has 0 saturated heterocycles. The number of aromatic nitrogens is 3. The van der Waals surface area contributed by atoms with E-state index in [0.717, 1.165) is 6.42 Å². The lowest BCUT2D eigenvalue weighted by Crippen LogP contribution is -2.19. The summed E-state index contributed by atoms with van der Waals surface area (Å²) in [6.07, 6.45) is 3.68. The first-order valence-corrected chi connectivity index (χ1v) is 11.4. The molecular formula is C24H18IN5O4. The summed E-state index contributed by atoms with van der Waals surface area (Å²) in [5.74, 6) is -0.180. The van der Waals surface area contributed by atoms with Gasteiger partial charge in [0.05, 0.1) is 20.7 Å². The molecule has 0 saturated carbocycles. The molecule has 2 heterocycles. The number of ether oxygens (including phenoxy) is 1. The molecule has 0 aliphatic rings. The minimum atomic E-state index is -1.25. The SMILES string of the molecule is CCCn1cc(C(=O)O)c(=O)c2cc(I)c(Oc3ccnc(Nc4ccc(C#N)cc4)n3)cc21. The second-order valence-electron chi connectivity index (χ2n) is 7.30. The van der Waals surface area contributed by atoms with Crippen LogP contribution in [0, 0.1) is 14.9 Å². The number of carboxylic acids is 1. The highest BCUT2D eigenvalue weighted by Gasteiger charge is 2.17. The zero-order valence-corrected chi connectivity index (χ0v) is 20.1. The average Bonchev–Trinajstić information content (AvgIpc) is 2.82. The van der Waals surface area contributed by atoms with E-state index < -0.39 is 11.4 Å². The van der Waals surface area contributed by atoms with E-state index in [2.05, 4.69) is 21.4 Å². The number of benzene rings is 2. The molecule has 0 atom stereocenters. The predicted octanol–water partition coefficient (Wildman–Crippen LogP) is 4.91. The van der Waals surface area contributed by atoms with E-state index in [1.54, 1.807) is 53.2 Å². The Morgan fingerprint density at radius 1 is 1.26 bits per heavy atom. The second-order valence-corrected chi connectivity index (χ2v) is 8.47. The van der Waals surface area contributed by atoms with Crippen LogP contribution in [-0.2, 0) is 6.54 Å². The van der Waals surface area contributed by atoms with E-state index >= 15 is 0 Å². The summed E-state index contributed by atoms with van der Waals surface area (Å²) in [7, 11) is 0. The van der Waals surface area contributed by atoms with E-state index in [1.165, 1.54) is 6.20 Å². The van der Waals surface area contributed by atoms with Gasteiger partial charge in [0.15, 0.2) is 0 Å². The van der Waals surface area contributed by atoms with Gasteiger partial charge in [-0.15, -0.1) is 0 Å². The summed E-state index contributed by atoms with van der Waals surface area (Å²) in [5.41, 5.74) is 1.05. The van der Waals surface area contributed by atoms with Crippen LogP contribution in [0.5, 0.6) is 11.6 Å². The zero-order chi connectivity index (χ0) is 24.2. The highest BCUT2D eigenvalue weighted by atomic mass is 127. The Hall–Kier alpha value is -3.98. The molecule has 0 amide bonds. The van der Waals surface area contributed by atoms with Crippen LogP contribution in [0.25, 0.3) is 10.9 Å². The molecule has 2 N–H and O–H groups in total. The van der Waals surface area contributed by atoms with E-state index in [-0.39, 0.29) is 11.4 Å². The summed E-state index contributed by atoms with van der Waals surface area (Å²) in [4.78, 5) is 32.8. The standard InChI is InChI=1S/C24H18IN5O4/c1-2-9-30-13-17(23(32)33)22(31)16-10-18(25)20(11-19(16)30)34-21-7-8-27-24(29-21)28-15-5-3-14(12-26)4-6-15/h3-8,10-11,13H,2,9H2,1H3,(H,32,33)(H,27,28,29). The topological polar surface area (TPSA) is 130 Å². The fourth-order valence-corrected chi connectivity index (χ4v) is 3.95. The summed E-state index contributed by atoms with van der Waals surface area (Å²) in [6.45, 7) is 2.51. The summed E-state index contributed by atoms with van der Waals surface area (Å²) in [6, 6.07) is 13.9. The first-order valence-electron chi connectivity index (χ1n) is 10.3. The first-order chi connectivity index (χ1) is 16.4. The molecular weight excluding hydrogens is 549 g/mol. The smallest absolute Gasteiger partial charge is 0.341 e. The molecule has 170 valence electrons. The summed E-state index contributed by atoms with van der Waals surface area (Å²) < 4.78 is 8.39. The molecule has 0 aliphatic heterocycles. The van der Waals surface area contributed by atoms with Crippen LogP contribution >= 0.6 is 22.6 Å². The Labute approximate surface area is 207 Å². The van der Waals surface area contributed by atoms with Crippen molar-refractivity contribution >= 4 is 51.1 Å². The van der Waals surface area contributed by atoms with Gasteiger partial charge in [-0.2, -0.15) is 10.2 Å². The van der Waals surface area contributed by atoms with Crippen molar-refractivity contribution in [2.24, 2.45) is 0 Å².